The number of rotatable bonds is 5. The molecule has 0 atom stereocenters. The summed E-state index contributed by atoms with van der Waals surface area (Å²) in [5, 5.41) is 2.69. The van der Waals surface area contributed by atoms with E-state index in [1.165, 1.54) is 0 Å². The van der Waals surface area contributed by atoms with Crippen LogP contribution in [-0.4, -0.2) is 65.9 Å². The van der Waals surface area contributed by atoms with E-state index in [1.807, 2.05) is 25.7 Å². The van der Waals surface area contributed by atoms with Gasteiger partial charge >= 0.3 is 6.09 Å². The van der Waals surface area contributed by atoms with Crippen LogP contribution in [-0.2, 0) is 9.53 Å². The summed E-state index contributed by atoms with van der Waals surface area (Å²) in [6.07, 6.45) is -0.357. The summed E-state index contributed by atoms with van der Waals surface area (Å²) in [7, 11) is 0. The highest BCUT2D eigenvalue weighted by atomic mass is 32.2. The van der Waals surface area contributed by atoms with E-state index in [4.69, 9.17) is 4.74 Å². The third-order valence-corrected chi connectivity index (χ3v) is 4.56. The van der Waals surface area contributed by atoms with Crippen molar-refractivity contribution in [2.75, 3.05) is 38.0 Å². The highest BCUT2D eigenvalue weighted by Crippen LogP contribution is 2.31. The Morgan fingerprint density at radius 1 is 1.19 bits per heavy atom. The Bertz CT molecular complexity index is 659. The van der Waals surface area contributed by atoms with E-state index in [2.05, 4.69) is 5.32 Å². The van der Waals surface area contributed by atoms with Gasteiger partial charge in [0.05, 0.1) is 12.2 Å². The highest BCUT2D eigenvalue weighted by molar-refractivity contribution is 7.99. The van der Waals surface area contributed by atoms with Crippen molar-refractivity contribution in [2.24, 2.45) is 0 Å². The molecule has 2 rings (SSSR count). The first-order valence-corrected chi connectivity index (χ1v) is 9.56. The van der Waals surface area contributed by atoms with Gasteiger partial charge in [0.25, 0.3) is 5.76 Å². The van der Waals surface area contributed by atoms with Crippen molar-refractivity contribution >= 4 is 29.4 Å². The number of carbonyl (C=O) groups is 2. The first-order valence-electron chi connectivity index (χ1n) is 8.68. The van der Waals surface area contributed by atoms with Crippen LogP contribution in [0.15, 0.2) is 29.2 Å². The normalized spacial score (nSPS) is 15.7. The Balaban J connectivity index is 1.82. The molecule has 0 spiro atoms. The van der Waals surface area contributed by atoms with Gasteiger partial charge in [-0.15, -0.1) is 0 Å². The number of nitrogens with zero attached hydrogens (tertiary/aromatic N) is 2. The smallest absolute Gasteiger partial charge is 0.410 e. The third kappa shape index (κ3) is 7.34. The number of piperazine rings is 1. The van der Waals surface area contributed by atoms with Crippen molar-refractivity contribution in [3.8, 4) is 0 Å². The zero-order valence-corrected chi connectivity index (χ0v) is 16.5. The molecule has 1 fully saturated rings. The van der Waals surface area contributed by atoms with Crippen LogP contribution in [0, 0.1) is 0 Å². The van der Waals surface area contributed by atoms with Crippen molar-refractivity contribution in [3.05, 3.63) is 24.3 Å². The van der Waals surface area contributed by atoms with Crippen molar-refractivity contribution in [2.45, 2.75) is 37.0 Å². The minimum Gasteiger partial charge on any atom is -0.444 e. The lowest BCUT2D eigenvalue weighted by atomic mass is 10.2. The number of halogens is 2. The fraction of sp³-hybridized carbons (Fsp3) is 0.556. The fourth-order valence-corrected chi connectivity index (χ4v) is 3.17. The lowest BCUT2D eigenvalue weighted by Crippen LogP contribution is -2.51. The van der Waals surface area contributed by atoms with Gasteiger partial charge in [0.2, 0.25) is 5.91 Å². The Morgan fingerprint density at radius 3 is 2.41 bits per heavy atom. The topological polar surface area (TPSA) is 61.9 Å². The van der Waals surface area contributed by atoms with Crippen LogP contribution < -0.4 is 5.32 Å². The van der Waals surface area contributed by atoms with E-state index in [-0.39, 0.29) is 18.5 Å². The van der Waals surface area contributed by atoms with E-state index in [1.54, 1.807) is 29.2 Å². The van der Waals surface area contributed by atoms with Gasteiger partial charge in [0, 0.05) is 31.1 Å². The van der Waals surface area contributed by atoms with E-state index >= 15 is 0 Å². The second-order valence-corrected chi connectivity index (χ2v) is 8.20. The molecule has 1 aromatic carbocycles. The van der Waals surface area contributed by atoms with Crippen molar-refractivity contribution < 1.29 is 23.1 Å². The van der Waals surface area contributed by atoms with E-state index in [9.17, 15) is 18.4 Å². The number of benzene rings is 1. The van der Waals surface area contributed by atoms with Crippen LogP contribution in [0.5, 0.6) is 0 Å². The molecule has 1 aromatic rings. The molecule has 6 nitrogen and oxygen atoms in total. The van der Waals surface area contributed by atoms with Crippen molar-refractivity contribution in [1.29, 1.82) is 0 Å². The van der Waals surface area contributed by atoms with Gasteiger partial charge in [-0.05, 0) is 32.9 Å². The van der Waals surface area contributed by atoms with Crippen LogP contribution in [0.4, 0.5) is 19.3 Å². The summed E-state index contributed by atoms with van der Waals surface area (Å²) in [6.45, 7) is 7.61. The molecule has 0 bridgehead atoms. The maximum absolute atomic E-state index is 12.6. The summed E-state index contributed by atoms with van der Waals surface area (Å²) in [5.41, 5.74) is -0.169. The molecule has 0 aromatic heterocycles. The number of nitrogens with one attached hydrogen (secondary N) is 1. The molecule has 0 saturated carbocycles. The monoisotopic (exact) mass is 401 g/mol. The molecule has 1 aliphatic rings. The van der Waals surface area contributed by atoms with Gasteiger partial charge in [0.15, 0.2) is 0 Å². The summed E-state index contributed by atoms with van der Waals surface area (Å²) in [6, 6.07) is 6.48. The van der Waals surface area contributed by atoms with E-state index in [0.29, 0.717) is 48.5 Å². The van der Waals surface area contributed by atoms with Crippen molar-refractivity contribution in [1.82, 2.24) is 9.80 Å². The second-order valence-electron chi connectivity index (χ2n) is 7.17. The van der Waals surface area contributed by atoms with Crippen LogP contribution >= 0.6 is 11.8 Å². The summed E-state index contributed by atoms with van der Waals surface area (Å²) in [5.74, 6) is -2.83. The number of alkyl halides is 2. The minimum atomic E-state index is -2.55. The molecule has 1 heterocycles. The molecule has 2 amide bonds. The van der Waals surface area contributed by atoms with Gasteiger partial charge in [-0.2, -0.15) is 8.78 Å². The fourth-order valence-electron chi connectivity index (χ4n) is 2.58. The van der Waals surface area contributed by atoms with Crippen LogP contribution in [0.1, 0.15) is 20.8 Å². The number of para-hydroxylation sites is 1. The summed E-state index contributed by atoms with van der Waals surface area (Å²) in [4.78, 5) is 28.2. The molecule has 0 unspecified atom stereocenters. The van der Waals surface area contributed by atoms with Crippen LogP contribution in [0.3, 0.4) is 0 Å². The molecule has 150 valence electrons. The molecule has 0 radical (unpaired) electrons. The Labute approximate surface area is 162 Å². The maximum Gasteiger partial charge on any atom is 0.410 e. The zero-order chi connectivity index (χ0) is 20.0. The lowest BCUT2D eigenvalue weighted by molar-refractivity contribution is -0.117. The van der Waals surface area contributed by atoms with Gasteiger partial charge in [-0.3, -0.25) is 9.69 Å². The van der Waals surface area contributed by atoms with Crippen LogP contribution in [0.25, 0.3) is 0 Å². The molecule has 1 N–H and O–H groups in total. The molecule has 1 aliphatic heterocycles. The lowest BCUT2D eigenvalue weighted by Gasteiger charge is -2.35. The summed E-state index contributed by atoms with van der Waals surface area (Å²) >= 11 is 0.401. The molecule has 1 saturated heterocycles. The average Bonchev–Trinajstić information content (AvgIpc) is 2.55. The van der Waals surface area contributed by atoms with Gasteiger partial charge in [-0.1, -0.05) is 23.9 Å². The predicted octanol–water partition coefficient (Wildman–Crippen LogP) is 3.49. The molecular formula is C18H25F2N3O3S. The van der Waals surface area contributed by atoms with E-state index < -0.39 is 11.4 Å². The minimum absolute atomic E-state index is 0.135. The largest absolute Gasteiger partial charge is 0.444 e. The Hall–Kier alpha value is -1.87. The number of thioether (sulfide) groups is 1. The molecule has 9 heteroatoms. The maximum atomic E-state index is 12.6. The van der Waals surface area contributed by atoms with Gasteiger partial charge in [0.1, 0.15) is 5.60 Å². The quantitative estimate of drug-likeness (QED) is 0.766. The summed E-state index contributed by atoms with van der Waals surface area (Å²) < 4.78 is 30.6. The van der Waals surface area contributed by atoms with Gasteiger partial charge in [-0.25, -0.2) is 4.79 Å². The standard InChI is InChI=1S/C18H25F2N3O3S/c1-18(2,3)26-17(25)23-10-8-22(9-11-23)12-15(24)21-13-6-4-5-7-14(13)27-16(19)20/h4-7,16H,8-12H2,1-3H3,(H,21,24). The SMILES string of the molecule is CC(C)(C)OC(=O)N1CCN(CC(=O)Nc2ccccc2SC(F)F)CC1. The van der Waals surface area contributed by atoms with E-state index in [0.717, 1.165) is 0 Å². The highest BCUT2D eigenvalue weighted by Gasteiger charge is 2.26. The first-order chi connectivity index (χ1) is 12.6. The zero-order valence-electron chi connectivity index (χ0n) is 15.7. The molecule has 27 heavy (non-hydrogen) atoms. The first kappa shape index (κ1) is 21.4. The number of hydrogen-bond donors (Lipinski definition) is 1. The van der Waals surface area contributed by atoms with Gasteiger partial charge < -0.3 is 15.0 Å². The average molecular weight is 401 g/mol. The third-order valence-electron chi connectivity index (χ3n) is 3.77. The molecular weight excluding hydrogens is 376 g/mol. The number of hydrogen-bond acceptors (Lipinski definition) is 5. The Morgan fingerprint density at radius 2 is 1.81 bits per heavy atom. The van der Waals surface area contributed by atoms with Crippen LogP contribution in [0.2, 0.25) is 0 Å². The number of ether oxygens (including phenoxy) is 1. The number of anilines is 1. The van der Waals surface area contributed by atoms with Crippen molar-refractivity contribution in [3.63, 3.8) is 0 Å². The Kier molecular flexibility index (Phi) is 7.43. The number of carbonyl (C=O) groups excluding carboxylic acids is 2. The number of amides is 2. The second kappa shape index (κ2) is 9.36. The molecule has 0 aliphatic carbocycles. The predicted molar refractivity (Wildman–Crippen MR) is 101 cm³/mol.